The van der Waals surface area contributed by atoms with E-state index < -0.39 is 37.2 Å². The number of nitrogens with one attached hydrogen (secondary N) is 2. The Bertz CT molecular complexity index is 1320. The van der Waals surface area contributed by atoms with Crippen LogP contribution in [-0.4, -0.2) is 31.3 Å². The van der Waals surface area contributed by atoms with Gasteiger partial charge in [-0.3, -0.25) is 29.7 Å². The Balaban J connectivity index is 1.77. The van der Waals surface area contributed by atoms with Crippen LogP contribution >= 0.6 is 0 Å². The maximum atomic E-state index is 12.6. The largest absolute Gasteiger partial charge is 0.497 e. The second kappa shape index (κ2) is 9.32. The molecule has 0 aliphatic carbocycles. The smallest absolute Gasteiger partial charge is 0.289 e. The highest BCUT2D eigenvalue weighted by Gasteiger charge is 2.24. The molecular weight excluding hydrogens is 456 g/mol. The van der Waals surface area contributed by atoms with E-state index in [0.29, 0.717) is 17.5 Å². The van der Waals surface area contributed by atoms with Crippen molar-refractivity contribution in [3.05, 3.63) is 92.5 Å². The number of sulfonamides is 1. The van der Waals surface area contributed by atoms with E-state index >= 15 is 0 Å². The third kappa shape index (κ3) is 5.40. The van der Waals surface area contributed by atoms with Gasteiger partial charge in [0.15, 0.2) is 0 Å². The minimum atomic E-state index is -3.92. The fourth-order valence-corrected chi connectivity index (χ4v) is 3.82. The average molecular weight is 472 g/mol. The lowest BCUT2D eigenvalue weighted by atomic mass is 10.1. The van der Waals surface area contributed by atoms with Crippen molar-refractivity contribution in [2.75, 3.05) is 17.1 Å². The monoisotopic (exact) mass is 472 g/mol. The fourth-order valence-electron chi connectivity index (χ4n) is 2.77. The summed E-state index contributed by atoms with van der Waals surface area (Å²) in [5, 5.41) is 24.4. The molecule has 3 aromatic rings. The molecule has 0 aromatic heterocycles. The SMILES string of the molecule is COc1ccc(NS(=O)(=O)c2ccc(NC(=O)c3ccc([N+](=O)[O-])cc3[N+](=O)[O-])cc2)cc1. The van der Waals surface area contributed by atoms with E-state index in [1.165, 1.54) is 43.5 Å². The van der Waals surface area contributed by atoms with Crippen LogP contribution in [0.25, 0.3) is 0 Å². The molecule has 0 aliphatic heterocycles. The Hall–Kier alpha value is -4.52. The van der Waals surface area contributed by atoms with Crippen LogP contribution in [0.1, 0.15) is 10.4 Å². The van der Waals surface area contributed by atoms with Crippen molar-refractivity contribution in [3.8, 4) is 5.75 Å². The lowest BCUT2D eigenvalue weighted by Crippen LogP contribution is -2.15. The zero-order valence-electron chi connectivity index (χ0n) is 16.9. The van der Waals surface area contributed by atoms with Crippen molar-refractivity contribution < 1.29 is 27.8 Å². The molecular formula is C20H16N4O8S. The number of ether oxygens (including phenoxy) is 1. The highest BCUT2D eigenvalue weighted by atomic mass is 32.2. The van der Waals surface area contributed by atoms with Crippen LogP contribution in [0, 0.1) is 20.2 Å². The van der Waals surface area contributed by atoms with Gasteiger partial charge in [-0.05, 0) is 54.6 Å². The molecule has 33 heavy (non-hydrogen) atoms. The van der Waals surface area contributed by atoms with Crippen LogP contribution in [0.15, 0.2) is 71.6 Å². The summed E-state index contributed by atoms with van der Waals surface area (Å²) in [5.41, 5.74) is -1.17. The molecule has 0 fully saturated rings. The number of methoxy groups -OCH3 is 1. The molecule has 0 heterocycles. The van der Waals surface area contributed by atoms with Crippen LogP contribution < -0.4 is 14.8 Å². The summed E-state index contributed by atoms with van der Waals surface area (Å²) in [5.74, 6) is -0.324. The molecule has 3 aromatic carbocycles. The zero-order chi connectivity index (χ0) is 24.2. The minimum Gasteiger partial charge on any atom is -0.497 e. The number of hydrogen-bond acceptors (Lipinski definition) is 8. The molecule has 3 rings (SSSR count). The van der Waals surface area contributed by atoms with E-state index in [9.17, 15) is 33.4 Å². The quantitative estimate of drug-likeness (QED) is 0.370. The summed E-state index contributed by atoms with van der Waals surface area (Å²) in [6, 6.07) is 14.0. The van der Waals surface area contributed by atoms with E-state index in [1.807, 2.05) is 0 Å². The maximum Gasteiger partial charge on any atom is 0.289 e. The zero-order valence-corrected chi connectivity index (χ0v) is 17.7. The van der Waals surface area contributed by atoms with Gasteiger partial charge in [-0.15, -0.1) is 0 Å². The van der Waals surface area contributed by atoms with Gasteiger partial charge in [0.1, 0.15) is 11.3 Å². The summed E-state index contributed by atoms with van der Waals surface area (Å²) in [4.78, 5) is 32.7. The van der Waals surface area contributed by atoms with E-state index in [2.05, 4.69) is 10.0 Å². The Morgan fingerprint density at radius 1 is 0.879 bits per heavy atom. The number of nitro groups is 2. The predicted octanol–water partition coefficient (Wildman–Crippen LogP) is 3.56. The topological polar surface area (TPSA) is 171 Å². The number of amides is 1. The number of rotatable bonds is 8. The summed E-state index contributed by atoms with van der Waals surface area (Å²) in [7, 11) is -2.43. The highest BCUT2D eigenvalue weighted by molar-refractivity contribution is 7.92. The molecule has 170 valence electrons. The van der Waals surface area contributed by atoms with Gasteiger partial charge >= 0.3 is 0 Å². The Labute approximate surface area is 187 Å². The number of anilines is 2. The molecule has 12 nitrogen and oxygen atoms in total. The minimum absolute atomic E-state index is 0.0855. The van der Waals surface area contributed by atoms with Crippen molar-refractivity contribution in [2.24, 2.45) is 0 Å². The highest BCUT2D eigenvalue weighted by Crippen LogP contribution is 2.26. The molecule has 1 amide bonds. The van der Waals surface area contributed by atoms with Crippen LogP contribution in [0.4, 0.5) is 22.7 Å². The van der Waals surface area contributed by atoms with Gasteiger partial charge in [-0.1, -0.05) is 0 Å². The summed E-state index contributed by atoms with van der Waals surface area (Å²) < 4.78 is 32.5. The molecule has 13 heteroatoms. The first-order valence-corrected chi connectivity index (χ1v) is 10.6. The predicted molar refractivity (Wildman–Crippen MR) is 118 cm³/mol. The van der Waals surface area contributed by atoms with Gasteiger partial charge in [0.05, 0.1) is 27.9 Å². The van der Waals surface area contributed by atoms with Crippen molar-refractivity contribution in [2.45, 2.75) is 4.90 Å². The van der Waals surface area contributed by atoms with Crippen molar-refractivity contribution in [1.29, 1.82) is 0 Å². The number of nitro benzene ring substituents is 2. The lowest BCUT2D eigenvalue weighted by Gasteiger charge is -2.10. The third-order valence-electron chi connectivity index (χ3n) is 4.40. The van der Waals surface area contributed by atoms with Gasteiger partial charge in [0.25, 0.3) is 27.3 Å². The fraction of sp³-hybridized carbons (Fsp3) is 0.0500. The first-order valence-electron chi connectivity index (χ1n) is 9.12. The van der Waals surface area contributed by atoms with E-state index in [1.54, 1.807) is 12.1 Å². The van der Waals surface area contributed by atoms with Gasteiger partial charge in [-0.25, -0.2) is 8.42 Å². The van der Waals surface area contributed by atoms with Gasteiger partial charge < -0.3 is 10.1 Å². The molecule has 0 saturated carbocycles. The number of carbonyl (C=O) groups is 1. The van der Waals surface area contributed by atoms with Gasteiger partial charge in [0, 0.05) is 17.4 Å². The first kappa shape index (κ1) is 23.1. The second-order valence-electron chi connectivity index (χ2n) is 6.53. The number of non-ortho nitro benzene ring substituents is 1. The molecule has 0 aliphatic rings. The molecule has 2 N–H and O–H groups in total. The van der Waals surface area contributed by atoms with Crippen molar-refractivity contribution in [1.82, 2.24) is 0 Å². The molecule has 0 saturated heterocycles. The average Bonchev–Trinajstić information content (AvgIpc) is 2.79. The van der Waals surface area contributed by atoms with Crippen LogP contribution in [0.3, 0.4) is 0 Å². The van der Waals surface area contributed by atoms with E-state index in [4.69, 9.17) is 4.74 Å². The van der Waals surface area contributed by atoms with Crippen LogP contribution in [0.5, 0.6) is 5.75 Å². The summed E-state index contributed by atoms with van der Waals surface area (Å²) >= 11 is 0. The molecule has 0 spiro atoms. The van der Waals surface area contributed by atoms with E-state index in [0.717, 1.165) is 12.1 Å². The second-order valence-corrected chi connectivity index (χ2v) is 8.21. The normalized spacial score (nSPS) is 10.8. The summed E-state index contributed by atoms with van der Waals surface area (Å²) in [6.07, 6.45) is 0. The number of hydrogen-bond donors (Lipinski definition) is 2. The van der Waals surface area contributed by atoms with Crippen LogP contribution in [0.2, 0.25) is 0 Å². The van der Waals surface area contributed by atoms with Gasteiger partial charge in [-0.2, -0.15) is 0 Å². The van der Waals surface area contributed by atoms with Crippen molar-refractivity contribution >= 4 is 38.7 Å². The Kier molecular flexibility index (Phi) is 6.53. The lowest BCUT2D eigenvalue weighted by molar-refractivity contribution is -0.394. The number of nitrogens with zero attached hydrogens (tertiary/aromatic N) is 2. The van der Waals surface area contributed by atoms with Gasteiger partial charge in [0.2, 0.25) is 0 Å². The molecule has 0 unspecified atom stereocenters. The Morgan fingerprint density at radius 3 is 2.03 bits per heavy atom. The first-order chi connectivity index (χ1) is 15.6. The van der Waals surface area contributed by atoms with Crippen molar-refractivity contribution in [3.63, 3.8) is 0 Å². The Morgan fingerprint density at radius 2 is 1.48 bits per heavy atom. The molecule has 0 bridgehead atoms. The molecule has 0 atom stereocenters. The maximum absolute atomic E-state index is 12.6. The standard InChI is InChI=1S/C20H16N4O8S/c1-32-16-7-2-14(3-8-16)22-33(30,31)17-9-4-13(5-10-17)21-20(25)18-11-6-15(23(26)27)12-19(18)24(28)29/h2-12,22H,1H3,(H,21,25). The molecule has 0 radical (unpaired) electrons. The summed E-state index contributed by atoms with van der Waals surface area (Å²) in [6.45, 7) is 0. The number of benzene rings is 3. The number of carbonyl (C=O) groups excluding carboxylic acids is 1. The third-order valence-corrected chi connectivity index (χ3v) is 5.80. The van der Waals surface area contributed by atoms with Crippen LogP contribution in [-0.2, 0) is 10.0 Å². The van der Waals surface area contributed by atoms with E-state index in [-0.39, 0.29) is 16.1 Å².